The number of carbonyl (C=O) groups excluding carboxylic acids is 1. The molecule has 0 saturated carbocycles. The molecule has 1 aliphatic heterocycles. The Morgan fingerprint density at radius 1 is 1.41 bits per heavy atom. The predicted octanol–water partition coefficient (Wildman–Crippen LogP) is 2.20. The number of rotatable bonds is 5. The minimum Gasteiger partial charge on any atom is -0.338 e. The zero-order valence-corrected chi connectivity index (χ0v) is 13.1. The first kappa shape index (κ1) is 14.9. The van der Waals surface area contributed by atoms with E-state index in [2.05, 4.69) is 32.8 Å². The van der Waals surface area contributed by atoms with Gasteiger partial charge in [-0.1, -0.05) is 18.2 Å². The topological polar surface area (TPSA) is 71.8 Å². The van der Waals surface area contributed by atoms with Crippen LogP contribution in [-0.2, 0) is 6.54 Å². The molecule has 0 spiro atoms. The van der Waals surface area contributed by atoms with Crippen molar-refractivity contribution in [2.75, 3.05) is 12.3 Å². The van der Waals surface area contributed by atoms with Crippen LogP contribution < -0.4 is 10.6 Å². The Labute approximate surface area is 133 Å². The zero-order chi connectivity index (χ0) is 15.2. The van der Waals surface area contributed by atoms with E-state index in [1.54, 1.807) is 11.0 Å². The first-order valence-corrected chi connectivity index (χ1v) is 8.40. The molecule has 2 amide bonds. The van der Waals surface area contributed by atoms with E-state index in [-0.39, 0.29) is 12.1 Å². The van der Waals surface area contributed by atoms with Gasteiger partial charge in [0.1, 0.15) is 12.7 Å². The summed E-state index contributed by atoms with van der Waals surface area (Å²) in [5.74, 6) is 1.04. The summed E-state index contributed by atoms with van der Waals surface area (Å²) in [6, 6.07) is 8.27. The third kappa shape index (κ3) is 3.79. The molecule has 2 aromatic rings. The van der Waals surface area contributed by atoms with Gasteiger partial charge in [-0.2, -0.15) is 5.10 Å². The molecular formula is C15H19N5OS. The van der Waals surface area contributed by atoms with E-state index >= 15 is 0 Å². The van der Waals surface area contributed by atoms with E-state index in [9.17, 15) is 4.79 Å². The highest BCUT2D eigenvalue weighted by Crippen LogP contribution is 2.35. The number of benzene rings is 1. The highest BCUT2D eigenvalue weighted by atomic mass is 32.2. The van der Waals surface area contributed by atoms with Crippen LogP contribution in [0, 0.1) is 0 Å². The minimum atomic E-state index is -0.106. The number of carbonyl (C=O) groups is 1. The molecule has 0 aliphatic carbocycles. The van der Waals surface area contributed by atoms with Crippen molar-refractivity contribution in [3.63, 3.8) is 0 Å². The van der Waals surface area contributed by atoms with E-state index in [0.29, 0.717) is 6.54 Å². The highest BCUT2D eigenvalue weighted by molar-refractivity contribution is 7.99. The van der Waals surface area contributed by atoms with E-state index in [0.717, 1.165) is 25.1 Å². The number of hydrogen-bond acceptors (Lipinski definition) is 4. The molecule has 3 rings (SSSR count). The van der Waals surface area contributed by atoms with Gasteiger partial charge in [-0.15, -0.1) is 11.8 Å². The maximum atomic E-state index is 12.0. The molecule has 22 heavy (non-hydrogen) atoms. The molecular weight excluding hydrogens is 298 g/mol. The number of aromatic nitrogens is 3. The molecule has 2 heterocycles. The molecule has 0 fully saturated rings. The third-order valence-corrected chi connectivity index (χ3v) is 4.70. The SMILES string of the molecule is O=C(NCCCn1cncn1)N[C@@H]1CCSc2ccccc21. The van der Waals surface area contributed by atoms with Gasteiger partial charge < -0.3 is 10.6 Å². The molecule has 0 unspecified atom stereocenters. The summed E-state index contributed by atoms with van der Waals surface area (Å²) < 4.78 is 1.76. The standard InChI is InChI=1S/C15H19N5OS/c21-15(17-7-3-8-20-11-16-10-18-20)19-13-6-9-22-14-5-2-1-4-12(13)14/h1-2,4-5,10-11,13H,3,6-9H2,(H2,17,19,21)/t13-/m1/s1. The van der Waals surface area contributed by atoms with E-state index in [1.165, 1.54) is 16.8 Å². The van der Waals surface area contributed by atoms with Crippen molar-refractivity contribution < 1.29 is 4.79 Å². The van der Waals surface area contributed by atoms with E-state index in [1.807, 2.05) is 23.9 Å². The summed E-state index contributed by atoms with van der Waals surface area (Å²) in [7, 11) is 0. The average Bonchev–Trinajstić information content (AvgIpc) is 3.05. The Balaban J connectivity index is 1.44. The van der Waals surface area contributed by atoms with Crippen LogP contribution in [0.15, 0.2) is 41.8 Å². The first-order chi connectivity index (χ1) is 10.8. The molecule has 2 N–H and O–H groups in total. The van der Waals surface area contributed by atoms with Crippen molar-refractivity contribution in [3.05, 3.63) is 42.5 Å². The smallest absolute Gasteiger partial charge is 0.315 e. The average molecular weight is 317 g/mol. The highest BCUT2D eigenvalue weighted by Gasteiger charge is 2.21. The van der Waals surface area contributed by atoms with Crippen LogP contribution >= 0.6 is 11.8 Å². The molecule has 116 valence electrons. The molecule has 1 aliphatic rings. The third-order valence-electron chi connectivity index (χ3n) is 3.58. The molecule has 0 radical (unpaired) electrons. The summed E-state index contributed by atoms with van der Waals surface area (Å²) in [6.45, 7) is 1.37. The zero-order valence-electron chi connectivity index (χ0n) is 12.2. The van der Waals surface area contributed by atoms with Crippen LogP contribution in [0.1, 0.15) is 24.4 Å². The fraction of sp³-hybridized carbons (Fsp3) is 0.400. The van der Waals surface area contributed by atoms with Crippen molar-refractivity contribution in [2.45, 2.75) is 30.3 Å². The summed E-state index contributed by atoms with van der Waals surface area (Å²) >= 11 is 1.85. The number of urea groups is 1. The summed E-state index contributed by atoms with van der Waals surface area (Å²) in [5.41, 5.74) is 1.22. The first-order valence-electron chi connectivity index (χ1n) is 7.41. The summed E-state index contributed by atoms with van der Waals surface area (Å²) in [6.07, 6.45) is 4.98. The van der Waals surface area contributed by atoms with Gasteiger partial charge in [-0.05, 0) is 24.5 Å². The second kappa shape index (κ2) is 7.31. The lowest BCUT2D eigenvalue weighted by Crippen LogP contribution is -2.39. The molecule has 6 nitrogen and oxygen atoms in total. The van der Waals surface area contributed by atoms with Gasteiger partial charge >= 0.3 is 6.03 Å². The molecule has 1 aromatic heterocycles. The van der Waals surface area contributed by atoms with E-state index in [4.69, 9.17) is 0 Å². The molecule has 1 atom stereocenters. The van der Waals surface area contributed by atoms with Gasteiger partial charge in [0, 0.05) is 23.7 Å². The lowest BCUT2D eigenvalue weighted by molar-refractivity contribution is 0.236. The largest absolute Gasteiger partial charge is 0.338 e. The van der Waals surface area contributed by atoms with Crippen LogP contribution in [0.2, 0.25) is 0 Å². The summed E-state index contributed by atoms with van der Waals surface area (Å²) in [5, 5.41) is 10.0. The Bertz CT molecular complexity index is 616. The second-order valence-electron chi connectivity index (χ2n) is 5.14. The number of fused-ring (bicyclic) bond motifs is 1. The van der Waals surface area contributed by atoms with Crippen molar-refractivity contribution in [1.82, 2.24) is 25.4 Å². The maximum absolute atomic E-state index is 12.0. The van der Waals surface area contributed by atoms with Crippen LogP contribution in [0.25, 0.3) is 0 Å². The Morgan fingerprint density at radius 3 is 3.18 bits per heavy atom. The number of aryl methyl sites for hydroxylation is 1. The van der Waals surface area contributed by atoms with Gasteiger partial charge in [0.05, 0.1) is 6.04 Å². The Hall–Kier alpha value is -2.02. The predicted molar refractivity (Wildman–Crippen MR) is 85.7 cm³/mol. The molecule has 1 aromatic carbocycles. The van der Waals surface area contributed by atoms with Crippen LogP contribution in [0.5, 0.6) is 0 Å². The quantitative estimate of drug-likeness (QED) is 0.829. The summed E-state index contributed by atoms with van der Waals surface area (Å²) in [4.78, 5) is 17.2. The van der Waals surface area contributed by atoms with E-state index < -0.39 is 0 Å². The van der Waals surface area contributed by atoms with Gasteiger partial charge in [-0.3, -0.25) is 4.68 Å². The minimum absolute atomic E-state index is 0.104. The molecule has 7 heteroatoms. The number of nitrogens with zero attached hydrogens (tertiary/aromatic N) is 3. The van der Waals surface area contributed by atoms with Crippen molar-refractivity contribution in [2.24, 2.45) is 0 Å². The molecule has 0 saturated heterocycles. The fourth-order valence-corrected chi connectivity index (χ4v) is 3.62. The van der Waals surface area contributed by atoms with Gasteiger partial charge in [0.2, 0.25) is 0 Å². The van der Waals surface area contributed by atoms with Gasteiger partial charge in [0.25, 0.3) is 0 Å². The normalized spacial score (nSPS) is 16.8. The lowest BCUT2D eigenvalue weighted by Gasteiger charge is -2.25. The number of nitrogens with one attached hydrogen (secondary N) is 2. The monoisotopic (exact) mass is 317 g/mol. The van der Waals surface area contributed by atoms with Crippen LogP contribution in [-0.4, -0.2) is 33.1 Å². The maximum Gasteiger partial charge on any atom is 0.315 e. The Morgan fingerprint density at radius 2 is 2.32 bits per heavy atom. The number of thioether (sulfide) groups is 1. The number of amides is 2. The lowest BCUT2D eigenvalue weighted by atomic mass is 10.0. The van der Waals surface area contributed by atoms with Crippen LogP contribution in [0.3, 0.4) is 0 Å². The Kier molecular flexibility index (Phi) is 4.95. The second-order valence-corrected chi connectivity index (χ2v) is 6.28. The molecule has 0 bridgehead atoms. The van der Waals surface area contributed by atoms with Crippen molar-refractivity contribution >= 4 is 17.8 Å². The number of hydrogen-bond donors (Lipinski definition) is 2. The van der Waals surface area contributed by atoms with Crippen molar-refractivity contribution in [1.29, 1.82) is 0 Å². The van der Waals surface area contributed by atoms with Crippen LogP contribution in [0.4, 0.5) is 4.79 Å². The van der Waals surface area contributed by atoms with Gasteiger partial charge in [0.15, 0.2) is 0 Å². The fourth-order valence-electron chi connectivity index (χ4n) is 2.49. The van der Waals surface area contributed by atoms with Crippen molar-refractivity contribution in [3.8, 4) is 0 Å². The van der Waals surface area contributed by atoms with Gasteiger partial charge in [-0.25, -0.2) is 9.78 Å².